The number of nitrogens with one attached hydrogen (secondary N) is 1. The first-order chi connectivity index (χ1) is 12.0. The number of hydrogen-bond donors (Lipinski definition) is 2. The van der Waals surface area contributed by atoms with E-state index in [4.69, 9.17) is 23.2 Å². The standard InChI is InChI=1S/C18H11Cl2FN2O2/c19-14-7-11(10-3-5-22-6-4-10)8-15(20)17(14)23-16-2-1-12(21)9-13(16)18(24)25/h1-9,23H,(H,24,25). The maximum atomic E-state index is 13.3. The van der Waals surface area contributed by atoms with Gasteiger partial charge >= 0.3 is 5.97 Å². The summed E-state index contributed by atoms with van der Waals surface area (Å²) in [4.78, 5) is 15.3. The third kappa shape index (κ3) is 3.73. The van der Waals surface area contributed by atoms with E-state index < -0.39 is 11.8 Å². The summed E-state index contributed by atoms with van der Waals surface area (Å²) in [6.07, 6.45) is 3.31. The van der Waals surface area contributed by atoms with E-state index in [-0.39, 0.29) is 11.3 Å². The molecule has 4 nitrogen and oxygen atoms in total. The lowest BCUT2D eigenvalue weighted by atomic mass is 10.1. The fourth-order valence-corrected chi connectivity index (χ4v) is 2.92. The minimum absolute atomic E-state index is 0.189. The van der Waals surface area contributed by atoms with Gasteiger partial charge in [0, 0.05) is 12.4 Å². The predicted octanol–water partition coefficient (Wildman–Crippen LogP) is 5.64. The van der Waals surface area contributed by atoms with Crippen LogP contribution in [0.4, 0.5) is 15.8 Å². The number of carboxylic acid groups (broad SMARTS) is 1. The molecule has 3 aromatic rings. The van der Waals surface area contributed by atoms with Crippen molar-refractivity contribution < 1.29 is 14.3 Å². The van der Waals surface area contributed by atoms with Gasteiger partial charge in [-0.1, -0.05) is 23.2 Å². The Labute approximate surface area is 152 Å². The smallest absolute Gasteiger partial charge is 0.337 e. The molecule has 0 atom stereocenters. The predicted molar refractivity (Wildman–Crippen MR) is 96.3 cm³/mol. The second-order valence-corrected chi connectivity index (χ2v) is 5.99. The number of carbonyl (C=O) groups is 1. The van der Waals surface area contributed by atoms with E-state index in [2.05, 4.69) is 10.3 Å². The van der Waals surface area contributed by atoms with Gasteiger partial charge in [0.05, 0.1) is 27.0 Å². The molecular formula is C18H11Cl2FN2O2. The van der Waals surface area contributed by atoms with Crippen LogP contribution < -0.4 is 5.32 Å². The summed E-state index contributed by atoms with van der Waals surface area (Å²) in [7, 11) is 0. The highest BCUT2D eigenvalue weighted by Crippen LogP contribution is 2.38. The monoisotopic (exact) mass is 376 g/mol. The molecule has 126 valence electrons. The van der Waals surface area contributed by atoms with Gasteiger partial charge in [0.25, 0.3) is 0 Å². The zero-order valence-electron chi connectivity index (χ0n) is 12.6. The number of halogens is 3. The molecule has 0 aliphatic heterocycles. The summed E-state index contributed by atoms with van der Waals surface area (Å²) < 4.78 is 13.3. The average Bonchev–Trinajstić information content (AvgIpc) is 2.59. The van der Waals surface area contributed by atoms with Gasteiger partial charge in [-0.05, 0) is 53.6 Å². The Balaban J connectivity index is 2.01. The first-order valence-electron chi connectivity index (χ1n) is 7.15. The quantitative estimate of drug-likeness (QED) is 0.618. The summed E-state index contributed by atoms with van der Waals surface area (Å²) in [6, 6.07) is 10.4. The highest BCUT2D eigenvalue weighted by atomic mass is 35.5. The Morgan fingerprint density at radius 2 is 1.64 bits per heavy atom. The highest BCUT2D eigenvalue weighted by Gasteiger charge is 2.15. The van der Waals surface area contributed by atoms with Crippen molar-refractivity contribution in [1.82, 2.24) is 4.98 Å². The third-order valence-corrected chi connectivity index (χ3v) is 4.12. The molecule has 0 aliphatic carbocycles. The molecule has 2 aromatic carbocycles. The first kappa shape index (κ1) is 17.2. The lowest BCUT2D eigenvalue weighted by Crippen LogP contribution is -2.04. The molecule has 1 aromatic heterocycles. The normalized spacial score (nSPS) is 10.5. The summed E-state index contributed by atoms with van der Waals surface area (Å²) in [5, 5.41) is 12.7. The Kier molecular flexibility index (Phi) is 4.88. The molecule has 2 N–H and O–H groups in total. The van der Waals surface area contributed by atoms with E-state index in [1.54, 1.807) is 24.5 Å². The number of rotatable bonds is 4. The number of anilines is 2. The van der Waals surface area contributed by atoms with Crippen molar-refractivity contribution in [2.24, 2.45) is 0 Å². The summed E-state index contributed by atoms with van der Waals surface area (Å²) in [6.45, 7) is 0. The van der Waals surface area contributed by atoms with Crippen LogP contribution in [0.15, 0.2) is 54.9 Å². The fourth-order valence-electron chi connectivity index (χ4n) is 2.34. The van der Waals surface area contributed by atoms with E-state index in [9.17, 15) is 14.3 Å². The maximum Gasteiger partial charge on any atom is 0.337 e. The fraction of sp³-hybridized carbons (Fsp3) is 0. The number of aromatic nitrogens is 1. The summed E-state index contributed by atoms with van der Waals surface area (Å²) >= 11 is 12.6. The van der Waals surface area contributed by atoms with Crippen LogP contribution in [0.2, 0.25) is 10.0 Å². The molecule has 0 bridgehead atoms. The molecule has 0 fully saturated rings. The zero-order chi connectivity index (χ0) is 18.0. The van der Waals surface area contributed by atoms with Gasteiger partial charge in [0.2, 0.25) is 0 Å². The van der Waals surface area contributed by atoms with E-state index in [0.29, 0.717) is 15.7 Å². The van der Waals surface area contributed by atoms with Crippen molar-refractivity contribution in [3.8, 4) is 11.1 Å². The Morgan fingerprint density at radius 3 is 2.24 bits per heavy atom. The topological polar surface area (TPSA) is 62.2 Å². The maximum absolute atomic E-state index is 13.3. The largest absolute Gasteiger partial charge is 0.478 e. The minimum atomic E-state index is -1.26. The van der Waals surface area contributed by atoms with Crippen molar-refractivity contribution in [3.05, 3.63) is 76.3 Å². The Hall–Kier alpha value is -2.63. The number of nitrogens with zero attached hydrogens (tertiary/aromatic N) is 1. The van der Waals surface area contributed by atoms with E-state index in [1.807, 2.05) is 12.1 Å². The molecule has 7 heteroatoms. The van der Waals surface area contributed by atoms with Crippen molar-refractivity contribution >= 4 is 40.5 Å². The number of carboxylic acids is 1. The Morgan fingerprint density at radius 1 is 1.00 bits per heavy atom. The van der Waals surface area contributed by atoms with Gasteiger partial charge in [-0.25, -0.2) is 9.18 Å². The zero-order valence-corrected chi connectivity index (χ0v) is 14.1. The van der Waals surface area contributed by atoms with Crippen molar-refractivity contribution in [3.63, 3.8) is 0 Å². The molecule has 0 unspecified atom stereocenters. The molecule has 0 radical (unpaired) electrons. The third-order valence-electron chi connectivity index (χ3n) is 3.53. The average molecular weight is 377 g/mol. The van der Waals surface area contributed by atoms with Gasteiger partial charge in [0.1, 0.15) is 5.82 Å². The van der Waals surface area contributed by atoms with Crippen LogP contribution in [-0.2, 0) is 0 Å². The SMILES string of the molecule is O=C(O)c1cc(F)ccc1Nc1c(Cl)cc(-c2ccncc2)cc1Cl. The molecule has 25 heavy (non-hydrogen) atoms. The van der Waals surface area contributed by atoms with Crippen LogP contribution in [0, 0.1) is 5.82 Å². The molecule has 0 aliphatic rings. The van der Waals surface area contributed by atoms with E-state index >= 15 is 0 Å². The summed E-state index contributed by atoms with van der Waals surface area (Å²) in [5.74, 6) is -1.91. The van der Waals surface area contributed by atoms with Gasteiger partial charge in [-0.15, -0.1) is 0 Å². The van der Waals surface area contributed by atoms with Crippen molar-refractivity contribution in [2.75, 3.05) is 5.32 Å². The van der Waals surface area contributed by atoms with Gasteiger partial charge in [0.15, 0.2) is 0 Å². The van der Waals surface area contributed by atoms with Gasteiger partial charge < -0.3 is 10.4 Å². The highest BCUT2D eigenvalue weighted by molar-refractivity contribution is 6.39. The lowest BCUT2D eigenvalue weighted by molar-refractivity contribution is 0.0697. The molecule has 3 rings (SSSR count). The summed E-state index contributed by atoms with van der Waals surface area (Å²) in [5.41, 5.74) is 1.99. The van der Waals surface area contributed by atoms with Crippen molar-refractivity contribution in [1.29, 1.82) is 0 Å². The second kappa shape index (κ2) is 7.09. The van der Waals surface area contributed by atoms with Crippen LogP contribution in [0.25, 0.3) is 11.1 Å². The minimum Gasteiger partial charge on any atom is -0.478 e. The van der Waals surface area contributed by atoms with Crippen LogP contribution in [0.1, 0.15) is 10.4 Å². The lowest BCUT2D eigenvalue weighted by Gasteiger charge is -2.14. The Bertz CT molecular complexity index is 926. The molecule has 0 saturated carbocycles. The molecular weight excluding hydrogens is 366 g/mol. The van der Waals surface area contributed by atoms with Gasteiger partial charge in [-0.3, -0.25) is 4.98 Å². The van der Waals surface area contributed by atoms with Crippen LogP contribution >= 0.6 is 23.2 Å². The number of aromatic carboxylic acids is 1. The van der Waals surface area contributed by atoms with E-state index in [0.717, 1.165) is 23.3 Å². The van der Waals surface area contributed by atoms with Crippen molar-refractivity contribution in [2.45, 2.75) is 0 Å². The molecule has 0 amide bonds. The van der Waals surface area contributed by atoms with Crippen LogP contribution in [0.5, 0.6) is 0 Å². The molecule has 0 spiro atoms. The molecule has 1 heterocycles. The van der Waals surface area contributed by atoms with E-state index in [1.165, 1.54) is 6.07 Å². The number of pyridine rings is 1. The van der Waals surface area contributed by atoms with Crippen LogP contribution in [-0.4, -0.2) is 16.1 Å². The van der Waals surface area contributed by atoms with Crippen LogP contribution in [0.3, 0.4) is 0 Å². The number of hydrogen-bond acceptors (Lipinski definition) is 3. The first-order valence-corrected chi connectivity index (χ1v) is 7.90. The second-order valence-electron chi connectivity index (χ2n) is 5.17. The molecule has 0 saturated heterocycles. The van der Waals surface area contributed by atoms with Gasteiger partial charge in [-0.2, -0.15) is 0 Å². The number of benzene rings is 2.